The van der Waals surface area contributed by atoms with Crippen LogP contribution in [0, 0.1) is 0 Å². The van der Waals surface area contributed by atoms with E-state index in [4.69, 9.17) is 14.2 Å². The number of pyridine rings is 1. The molecule has 0 fully saturated rings. The SMILES string of the molecule is CCOc1ccc(Oc2cc(CNC(=O)CSc3nncn3-c3ccc(OC)cc3)ccn2)cc1. The molecule has 35 heavy (non-hydrogen) atoms. The van der Waals surface area contributed by atoms with Gasteiger partial charge in [0.2, 0.25) is 11.8 Å². The number of carbonyl (C=O) groups excluding carboxylic acids is 1. The first-order valence-corrected chi connectivity index (χ1v) is 11.9. The van der Waals surface area contributed by atoms with E-state index in [9.17, 15) is 4.79 Å². The lowest BCUT2D eigenvalue weighted by Crippen LogP contribution is -2.24. The summed E-state index contributed by atoms with van der Waals surface area (Å²) in [5, 5.41) is 11.6. The van der Waals surface area contributed by atoms with Crippen LogP contribution in [0.3, 0.4) is 0 Å². The van der Waals surface area contributed by atoms with Crippen molar-refractivity contribution in [1.82, 2.24) is 25.1 Å². The maximum absolute atomic E-state index is 12.4. The van der Waals surface area contributed by atoms with Crippen molar-refractivity contribution in [3.8, 4) is 28.8 Å². The highest BCUT2D eigenvalue weighted by Gasteiger charge is 2.11. The maximum atomic E-state index is 12.4. The molecule has 0 spiro atoms. The molecule has 2 heterocycles. The Labute approximate surface area is 207 Å². The van der Waals surface area contributed by atoms with Crippen molar-refractivity contribution < 1.29 is 19.0 Å². The van der Waals surface area contributed by atoms with Crippen molar-refractivity contribution in [3.05, 3.63) is 78.8 Å². The van der Waals surface area contributed by atoms with Crippen molar-refractivity contribution in [2.45, 2.75) is 18.6 Å². The number of rotatable bonds is 11. The van der Waals surface area contributed by atoms with Gasteiger partial charge in [-0.2, -0.15) is 0 Å². The summed E-state index contributed by atoms with van der Waals surface area (Å²) in [7, 11) is 1.62. The Morgan fingerprint density at radius 1 is 1.03 bits per heavy atom. The van der Waals surface area contributed by atoms with Gasteiger partial charge in [-0.05, 0) is 67.1 Å². The van der Waals surface area contributed by atoms with Crippen molar-refractivity contribution >= 4 is 17.7 Å². The van der Waals surface area contributed by atoms with Crippen molar-refractivity contribution in [3.63, 3.8) is 0 Å². The highest BCUT2D eigenvalue weighted by molar-refractivity contribution is 7.99. The van der Waals surface area contributed by atoms with Gasteiger partial charge >= 0.3 is 0 Å². The first-order valence-electron chi connectivity index (χ1n) is 10.9. The quantitative estimate of drug-likeness (QED) is 0.311. The van der Waals surface area contributed by atoms with E-state index in [2.05, 4.69) is 20.5 Å². The number of nitrogens with zero attached hydrogens (tertiary/aromatic N) is 4. The second-order valence-corrected chi connectivity index (χ2v) is 8.20. The Kier molecular flexibility index (Phi) is 8.18. The zero-order valence-electron chi connectivity index (χ0n) is 19.4. The average Bonchev–Trinajstić information content (AvgIpc) is 3.36. The first-order chi connectivity index (χ1) is 17.1. The number of carbonyl (C=O) groups is 1. The molecule has 1 amide bonds. The third kappa shape index (κ3) is 6.73. The van der Waals surface area contributed by atoms with Gasteiger partial charge in [0.25, 0.3) is 0 Å². The minimum atomic E-state index is -0.120. The average molecular weight is 492 g/mol. The zero-order valence-corrected chi connectivity index (χ0v) is 20.2. The van der Waals surface area contributed by atoms with Gasteiger partial charge < -0.3 is 19.5 Å². The van der Waals surface area contributed by atoms with Crippen molar-refractivity contribution in [1.29, 1.82) is 0 Å². The van der Waals surface area contributed by atoms with Gasteiger partial charge in [0.1, 0.15) is 23.6 Å². The molecule has 9 nitrogen and oxygen atoms in total. The summed E-state index contributed by atoms with van der Waals surface area (Å²) in [6, 6.07) is 18.5. The Balaban J connectivity index is 1.28. The number of aromatic nitrogens is 4. The van der Waals surface area contributed by atoms with Crippen LogP contribution < -0.4 is 19.5 Å². The molecule has 0 aliphatic heterocycles. The summed E-state index contributed by atoms with van der Waals surface area (Å²) in [5.41, 5.74) is 1.76. The van der Waals surface area contributed by atoms with E-state index in [1.807, 2.05) is 66.1 Å². The molecule has 10 heteroatoms. The van der Waals surface area contributed by atoms with E-state index in [1.54, 1.807) is 25.7 Å². The minimum Gasteiger partial charge on any atom is -0.497 e. The first kappa shape index (κ1) is 24.1. The molecular formula is C25H25N5O4S. The van der Waals surface area contributed by atoms with Crippen LogP contribution in [0.2, 0.25) is 0 Å². The third-order valence-corrected chi connectivity index (χ3v) is 5.79. The number of amides is 1. The van der Waals surface area contributed by atoms with Crippen LogP contribution in [0.25, 0.3) is 5.69 Å². The van der Waals surface area contributed by atoms with E-state index in [0.717, 1.165) is 22.7 Å². The van der Waals surface area contributed by atoms with Gasteiger partial charge in [0, 0.05) is 24.5 Å². The number of ether oxygens (including phenoxy) is 3. The fraction of sp³-hybridized carbons (Fsp3) is 0.200. The summed E-state index contributed by atoms with van der Waals surface area (Å²) < 4.78 is 18.3. The molecule has 1 N–H and O–H groups in total. The molecule has 0 bridgehead atoms. The van der Waals surface area contributed by atoms with E-state index >= 15 is 0 Å². The largest absolute Gasteiger partial charge is 0.497 e. The lowest BCUT2D eigenvalue weighted by Gasteiger charge is -2.09. The van der Waals surface area contributed by atoms with Crippen LogP contribution in [0.1, 0.15) is 12.5 Å². The van der Waals surface area contributed by atoms with Gasteiger partial charge in [0.15, 0.2) is 5.16 Å². The van der Waals surface area contributed by atoms with Gasteiger partial charge in [-0.15, -0.1) is 10.2 Å². The second kappa shape index (κ2) is 11.9. The molecule has 0 aliphatic rings. The smallest absolute Gasteiger partial charge is 0.230 e. The van der Waals surface area contributed by atoms with Gasteiger partial charge in [-0.1, -0.05) is 11.8 Å². The number of hydrogen-bond donors (Lipinski definition) is 1. The van der Waals surface area contributed by atoms with E-state index in [1.165, 1.54) is 11.8 Å². The standard InChI is InChI=1S/C25H25N5O4S/c1-3-33-21-8-10-22(11-9-21)34-24-14-18(12-13-26-24)15-27-23(31)16-35-25-29-28-17-30(25)19-4-6-20(32-2)7-5-19/h4-14,17H,3,15-16H2,1-2H3,(H,27,31). The van der Waals surface area contributed by atoms with Crippen LogP contribution in [0.15, 0.2) is 78.3 Å². The fourth-order valence-corrected chi connectivity index (χ4v) is 3.89. The predicted octanol–water partition coefficient (Wildman–Crippen LogP) is 4.27. The Hall–Kier alpha value is -4.05. The number of hydrogen-bond acceptors (Lipinski definition) is 8. The van der Waals surface area contributed by atoms with E-state index in [0.29, 0.717) is 29.9 Å². The highest BCUT2D eigenvalue weighted by atomic mass is 32.2. The Morgan fingerprint density at radius 2 is 1.77 bits per heavy atom. The molecule has 180 valence electrons. The molecule has 0 aliphatic carbocycles. The maximum Gasteiger partial charge on any atom is 0.230 e. The highest BCUT2D eigenvalue weighted by Crippen LogP contribution is 2.24. The van der Waals surface area contributed by atoms with Gasteiger partial charge in [0.05, 0.1) is 19.5 Å². The molecule has 2 aromatic carbocycles. The van der Waals surface area contributed by atoms with Crippen LogP contribution >= 0.6 is 11.8 Å². The number of benzene rings is 2. The summed E-state index contributed by atoms with van der Waals surface area (Å²) in [4.78, 5) is 16.7. The number of nitrogens with one attached hydrogen (secondary N) is 1. The van der Waals surface area contributed by atoms with Gasteiger partial charge in [-0.3, -0.25) is 9.36 Å². The molecule has 4 aromatic rings. The molecular weight excluding hydrogens is 466 g/mol. The van der Waals surface area contributed by atoms with Crippen LogP contribution in [-0.4, -0.2) is 45.1 Å². The zero-order chi connectivity index (χ0) is 24.5. The normalized spacial score (nSPS) is 10.6. The van der Waals surface area contributed by atoms with E-state index < -0.39 is 0 Å². The molecule has 0 atom stereocenters. The number of methoxy groups -OCH3 is 1. The van der Waals surface area contributed by atoms with Crippen molar-refractivity contribution in [2.75, 3.05) is 19.5 Å². The number of thioether (sulfide) groups is 1. The van der Waals surface area contributed by atoms with Crippen LogP contribution in [0.4, 0.5) is 0 Å². The molecule has 2 aromatic heterocycles. The summed E-state index contributed by atoms with van der Waals surface area (Å²) >= 11 is 1.31. The minimum absolute atomic E-state index is 0.120. The lowest BCUT2D eigenvalue weighted by molar-refractivity contribution is -0.118. The van der Waals surface area contributed by atoms with E-state index in [-0.39, 0.29) is 11.7 Å². The monoisotopic (exact) mass is 491 g/mol. The molecule has 0 saturated carbocycles. The second-order valence-electron chi connectivity index (χ2n) is 7.26. The Morgan fingerprint density at radius 3 is 2.51 bits per heavy atom. The fourth-order valence-electron chi connectivity index (χ4n) is 3.13. The topological polar surface area (TPSA) is 100 Å². The molecule has 0 unspecified atom stereocenters. The van der Waals surface area contributed by atoms with Crippen LogP contribution in [0.5, 0.6) is 23.1 Å². The van der Waals surface area contributed by atoms with Crippen LogP contribution in [-0.2, 0) is 11.3 Å². The summed E-state index contributed by atoms with van der Waals surface area (Å²) in [6.45, 7) is 2.90. The predicted molar refractivity (Wildman–Crippen MR) is 132 cm³/mol. The molecule has 0 radical (unpaired) electrons. The molecule has 4 rings (SSSR count). The summed E-state index contributed by atoms with van der Waals surface area (Å²) in [6.07, 6.45) is 3.27. The summed E-state index contributed by atoms with van der Waals surface area (Å²) in [5.74, 6) is 2.73. The Bertz CT molecular complexity index is 1250. The molecule has 0 saturated heterocycles. The third-order valence-electron chi connectivity index (χ3n) is 4.85. The van der Waals surface area contributed by atoms with Crippen molar-refractivity contribution in [2.24, 2.45) is 0 Å². The lowest BCUT2D eigenvalue weighted by atomic mass is 10.2. The van der Waals surface area contributed by atoms with Gasteiger partial charge in [-0.25, -0.2) is 4.98 Å².